The van der Waals surface area contributed by atoms with Crippen LogP contribution in [0.2, 0.25) is 0 Å². The molecule has 0 saturated carbocycles. The van der Waals surface area contributed by atoms with Gasteiger partial charge in [0.15, 0.2) is 0 Å². The van der Waals surface area contributed by atoms with Crippen molar-refractivity contribution in [2.75, 3.05) is 19.0 Å². The largest absolute Gasteiger partial charge is 0.497 e. The van der Waals surface area contributed by atoms with Crippen molar-refractivity contribution >= 4 is 40.2 Å². The number of thiazole rings is 1. The highest BCUT2D eigenvalue weighted by Gasteiger charge is 2.36. The first-order valence-corrected chi connectivity index (χ1v) is 11.1. The van der Waals surface area contributed by atoms with Crippen molar-refractivity contribution in [3.8, 4) is 16.3 Å². The Morgan fingerprint density at radius 1 is 1.24 bits per heavy atom. The van der Waals surface area contributed by atoms with Crippen molar-refractivity contribution < 1.29 is 14.3 Å². The van der Waals surface area contributed by atoms with Crippen molar-refractivity contribution in [2.45, 2.75) is 25.8 Å². The summed E-state index contributed by atoms with van der Waals surface area (Å²) in [4.78, 5) is 32.9. The van der Waals surface area contributed by atoms with Gasteiger partial charge in [-0.05, 0) is 55.5 Å². The number of nitrogens with one attached hydrogen (secondary N) is 1. The lowest BCUT2D eigenvalue weighted by atomic mass is 10.2. The molecule has 3 heterocycles. The Bertz CT molecular complexity index is 1010. The zero-order chi connectivity index (χ0) is 20.4. The number of nitrogens with zero attached hydrogens (tertiary/aromatic N) is 2. The van der Waals surface area contributed by atoms with Crippen LogP contribution >= 0.6 is 22.7 Å². The van der Waals surface area contributed by atoms with Gasteiger partial charge in [-0.25, -0.2) is 4.98 Å². The van der Waals surface area contributed by atoms with Gasteiger partial charge in [-0.2, -0.15) is 11.3 Å². The van der Waals surface area contributed by atoms with E-state index in [1.165, 1.54) is 11.3 Å². The number of aryl methyl sites for hydroxylation is 1. The molecule has 1 saturated heterocycles. The molecular weight excluding hydrogens is 406 g/mol. The fourth-order valence-corrected chi connectivity index (χ4v) is 5.15. The average Bonchev–Trinajstić information content (AvgIpc) is 3.48. The number of thiophene rings is 1. The summed E-state index contributed by atoms with van der Waals surface area (Å²) in [5.74, 6) is 0.442. The van der Waals surface area contributed by atoms with Gasteiger partial charge in [0.2, 0.25) is 5.91 Å². The van der Waals surface area contributed by atoms with Crippen LogP contribution in [0.5, 0.6) is 5.75 Å². The minimum atomic E-state index is -0.476. The van der Waals surface area contributed by atoms with Gasteiger partial charge < -0.3 is 15.0 Å². The van der Waals surface area contributed by atoms with Gasteiger partial charge in [-0.1, -0.05) is 0 Å². The van der Waals surface area contributed by atoms with Gasteiger partial charge in [0.1, 0.15) is 21.7 Å². The summed E-state index contributed by atoms with van der Waals surface area (Å²) in [6.45, 7) is 2.42. The van der Waals surface area contributed by atoms with Gasteiger partial charge in [-0.3, -0.25) is 9.59 Å². The Labute approximate surface area is 177 Å². The predicted molar refractivity (Wildman–Crippen MR) is 116 cm³/mol. The highest BCUT2D eigenvalue weighted by molar-refractivity contribution is 7.17. The van der Waals surface area contributed by atoms with E-state index in [1.54, 1.807) is 47.6 Å². The molecule has 150 valence electrons. The first-order chi connectivity index (χ1) is 14.1. The maximum absolute atomic E-state index is 13.2. The molecule has 6 nitrogen and oxygen atoms in total. The fraction of sp³-hybridized carbons (Fsp3) is 0.286. The lowest BCUT2D eigenvalue weighted by molar-refractivity contribution is -0.119. The van der Waals surface area contributed by atoms with E-state index in [2.05, 4.69) is 10.3 Å². The van der Waals surface area contributed by atoms with Crippen molar-refractivity contribution in [3.05, 3.63) is 51.7 Å². The minimum absolute atomic E-state index is 0.117. The Hall–Kier alpha value is -2.71. The van der Waals surface area contributed by atoms with E-state index in [-0.39, 0.29) is 11.8 Å². The Morgan fingerprint density at radius 2 is 2.03 bits per heavy atom. The zero-order valence-electron chi connectivity index (χ0n) is 16.2. The fourth-order valence-electron chi connectivity index (χ4n) is 3.42. The molecule has 8 heteroatoms. The molecule has 0 bridgehead atoms. The predicted octanol–water partition coefficient (Wildman–Crippen LogP) is 4.43. The third kappa shape index (κ3) is 4.04. The SMILES string of the molecule is COc1ccc(NC(=O)C2CCCN2C(=O)c2sc(-c3ccsc3)nc2C)cc1. The van der Waals surface area contributed by atoms with E-state index >= 15 is 0 Å². The molecule has 2 amide bonds. The number of benzene rings is 1. The summed E-state index contributed by atoms with van der Waals surface area (Å²) in [5.41, 5.74) is 2.42. The average molecular weight is 428 g/mol. The lowest BCUT2D eigenvalue weighted by Crippen LogP contribution is -2.43. The van der Waals surface area contributed by atoms with Crippen LogP contribution < -0.4 is 10.1 Å². The maximum atomic E-state index is 13.2. The second kappa shape index (κ2) is 8.34. The highest BCUT2D eigenvalue weighted by atomic mass is 32.1. The van der Waals surface area contributed by atoms with E-state index in [4.69, 9.17) is 4.74 Å². The topological polar surface area (TPSA) is 71.5 Å². The molecule has 0 aliphatic carbocycles. The van der Waals surface area contributed by atoms with Crippen LogP contribution in [-0.2, 0) is 4.79 Å². The van der Waals surface area contributed by atoms with Gasteiger partial charge in [0.25, 0.3) is 5.91 Å². The first kappa shape index (κ1) is 19.6. The summed E-state index contributed by atoms with van der Waals surface area (Å²) < 4.78 is 5.14. The van der Waals surface area contributed by atoms with Crippen LogP contribution in [-0.4, -0.2) is 41.4 Å². The van der Waals surface area contributed by atoms with Crippen LogP contribution in [0, 0.1) is 6.92 Å². The smallest absolute Gasteiger partial charge is 0.266 e. The molecule has 1 fully saturated rings. The molecular formula is C21H21N3O3S2. The number of amides is 2. The molecule has 0 radical (unpaired) electrons. The minimum Gasteiger partial charge on any atom is -0.497 e. The van der Waals surface area contributed by atoms with Crippen LogP contribution in [0.15, 0.2) is 41.1 Å². The third-order valence-electron chi connectivity index (χ3n) is 4.93. The molecule has 1 unspecified atom stereocenters. The van der Waals surface area contributed by atoms with E-state index in [0.717, 1.165) is 22.7 Å². The monoisotopic (exact) mass is 427 g/mol. The number of rotatable bonds is 5. The third-order valence-corrected chi connectivity index (χ3v) is 6.81. The molecule has 1 aliphatic heterocycles. The second-order valence-electron chi connectivity index (χ2n) is 6.82. The molecule has 3 aromatic rings. The van der Waals surface area contributed by atoms with E-state index in [9.17, 15) is 9.59 Å². The van der Waals surface area contributed by atoms with Crippen molar-refractivity contribution in [3.63, 3.8) is 0 Å². The number of carbonyl (C=O) groups excluding carboxylic acids is 2. The molecule has 1 atom stereocenters. The molecule has 0 spiro atoms. The van der Waals surface area contributed by atoms with Gasteiger partial charge in [-0.15, -0.1) is 11.3 Å². The van der Waals surface area contributed by atoms with Gasteiger partial charge in [0.05, 0.1) is 12.8 Å². The molecule has 29 heavy (non-hydrogen) atoms. The van der Waals surface area contributed by atoms with Crippen LogP contribution in [0.4, 0.5) is 5.69 Å². The first-order valence-electron chi connectivity index (χ1n) is 9.32. The number of hydrogen-bond donors (Lipinski definition) is 1. The number of anilines is 1. The lowest BCUT2D eigenvalue weighted by Gasteiger charge is -2.23. The van der Waals surface area contributed by atoms with Crippen molar-refractivity contribution in [1.29, 1.82) is 0 Å². The molecule has 1 aromatic carbocycles. The number of likely N-dealkylation sites (tertiary alicyclic amines) is 1. The van der Waals surface area contributed by atoms with E-state index in [0.29, 0.717) is 29.2 Å². The Balaban J connectivity index is 1.50. The van der Waals surface area contributed by atoms with Crippen molar-refractivity contribution in [2.24, 2.45) is 0 Å². The number of hydrogen-bond acceptors (Lipinski definition) is 6. The molecule has 1 N–H and O–H groups in total. The van der Waals surface area contributed by atoms with Crippen LogP contribution in [0.3, 0.4) is 0 Å². The molecule has 2 aromatic heterocycles. The summed E-state index contributed by atoms with van der Waals surface area (Å²) in [6.07, 6.45) is 1.46. The number of methoxy groups -OCH3 is 1. The number of carbonyl (C=O) groups is 2. The summed E-state index contributed by atoms with van der Waals surface area (Å²) >= 11 is 2.99. The van der Waals surface area contributed by atoms with Crippen LogP contribution in [0.1, 0.15) is 28.2 Å². The van der Waals surface area contributed by atoms with Gasteiger partial charge in [0, 0.05) is 23.2 Å². The molecule has 1 aliphatic rings. The molecule has 4 rings (SSSR count). The maximum Gasteiger partial charge on any atom is 0.266 e. The quantitative estimate of drug-likeness (QED) is 0.654. The number of aromatic nitrogens is 1. The van der Waals surface area contributed by atoms with Gasteiger partial charge >= 0.3 is 0 Å². The van der Waals surface area contributed by atoms with E-state index in [1.807, 2.05) is 23.8 Å². The van der Waals surface area contributed by atoms with Crippen molar-refractivity contribution in [1.82, 2.24) is 9.88 Å². The summed E-state index contributed by atoms with van der Waals surface area (Å²) in [5, 5.41) is 7.77. The summed E-state index contributed by atoms with van der Waals surface area (Å²) in [7, 11) is 1.60. The Kier molecular flexibility index (Phi) is 5.64. The van der Waals surface area contributed by atoms with E-state index < -0.39 is 6.04 Å². The Morgan fingerprint density at radius 3 is 2.72 bits per heavy atom. The zero-order valence-corrected chi connectivity index (χ0v) is 17.8. The summed E-state index contributed by atoms with van der Waals surface area (Å²) in [6, 6.07) is 8.68. The number of ether oxygens (including phenoxy) is 1. The standard InChI is InChI=1S/C21H21N3O3S2/c1-13-18(29-20(22-13)14-9-11-28-12-14)21(26)24-10-3-4-17(24)19(25)23-15-5-7-16(27-2)8-6-15/h5-9,11-12,17H,3-4,10H2,1-2H3,(H,23,25). The normalized spacial score (nSPS) is 16.1. The second-order valence-corrected chi connectivity index (χ2v) is 8.60. The highest BCUT2D eigenvalue weighted by Crippen LogP contribution is 2.32. The van der Waals surface area contributed by atoms with Crippen LogP contribution in [0.25, 0.3) is 10.6 Å².